The Labute approximate surface area is 113 Å². The molecule has 0 saturated carbocycles. The highest BCUT2D eigenvalue weighted by molar-refractivity contribution is 5.92. The quantitative estimate of drug-likeness (QED) is 0.779. The number of hydrogen-bond acceptors (Lipinski definition) is 4. The largest absolute Gasteiger partial charge is 0.346 e. The molecule has 3 aliphatic rings. The number of imidazole rings is 1. The van der Waals surface area contributed by atoms with Gasteiger partial charge in [-0.3, -0.25) is 4.79 Å². The Hall–Kier alpha value is -1.40. The van der Waals surface area contributed by atoms with Gasteiger partial charge in [0.1, 0.15) is 5.69 Å². The Bertz CT molecular complexity index is 450. The average molecular weight is 263 g/mol. The molecule has 4 rings (SSSR count). The van der Waals surface area contributed by atoms with Gasteiger partial charge in [-0.1, -0.05) is 0 Å². The molecule has 1 atom stereocenters. The summed E-state index contributed by atoms with van der Waals surface area (Å²) in [4.78, 5) is 18.7. The number of fused-ring (bicyclic) bond motifs is 3. The number of aromatic nitrogens is 2. The Morgan fingerprint density at radius 3 is 2.89 bits per heavy atom. The van der Waals surface area contributed by atoms with E-state index in [-0.39, 0.29) is 11.9 Å². The van der Waals surface area contributed by atoms with Gasteiger partial charge < -0.3 is 20.5 Å². The van der Waals surface area contributed by atoms with E-state index in [1.54, 1.807) is 12.5 Å². The van der Waals surface area contributed by atoms with Crippen molar-refractivity contribution < 1.29 is 4.79 Å². The summed E-state index contributed by atoms with van der Waals surface area (Å²) in [5.41, 5.74) is 5.97. The molecule has 1 amide bonds. The van der Waals surface area contributed by atoms with Crippen molar-refractivity contribution in [3.05, 3.63) is 18.2 Å². The number of rotatable bonds is 4. The molecule has 3 N–H and O–H groups in total. The number of nitrogens with zero attached hydrogens (tertiary/aromatic N) is 3. The highest BCUT2D eigenvalue weighted by atomic mass is 16.2. The van der Waals surface area contributed by atoms with Crippen molar-refractivity contribution in [2.45, 2.75) is 25.4 Å². The van der Waals surface area contributed by atoms with Gasteiger partial charge in [-0.05, 0) is 31.8 Å². The molecule has 1 aromatic rings. The van der Waals surface area contributed by atoms with Gasteiger partial charge in [0.15, 0.2) is 0 Å². The fraction of sp³-hybridized carbons (Fsp3) is 0.692. The average Bonchev–Trinajstić information content (AvgIpc) is 2.89. The molecule has 0 radical (unpaired) electrons. The molecule has 0 aromatic carbocycles. The third-order valence-corrected chi connectivity index (χ3v) is 4.23. The normalized spacial score (nSPS) is 29.4. The molecule has 0 spiro atoms. The fourth-order valence-corrected chi connectivity index (χ4v) is 3.12. The van der Waals surface area contributed by atoms with E-state index in [2.05, 4.69) is 15.2 Å². The van der Waals surface area contributed by atoms with E-state index in [1.807, 2.05) is 4.57 Å². The third-order valence-electron chi connectivity index (χ3n) is 4.23. The number of hydrogen-bond donors (Lipinski definition) is 2. The topological polar surface area (TPSA) is 76.2 Å². The zero-order chi connectivity index (χ0) is 13.2. The van der Waals surface area contributed by atoms with Gasteiger partial charge in [0, 0.05) is 31.9 Å². The molecular formula is C13H21N5O. The van der Waals surface area contributed by atoms with E-state index in [4.69, 9.17) is 5.73 Å². The summed E-state index contributed by atoms with van der Waals surface area (Å²) in [6, 6.07) is 0.287. The molecule has 3 saturated heterocycles. The molecule has 1 unspecified atom stereocenters. The molecule has 3 aliphatic heterocycles. The van der Waals surface area contributed by atoms with Crippen molar-refractivity contribution in [1.29, 1.82) is 0 Å². The Morgan fingerprint density at radius 1 is 1.47 bits per heavy atom. The molecule has 3 fully saturated rings. The monoisotopic (exact) mass is 263 g/mol. The summed E-state index contributed by atoms with van der Waals surface area (Å²) in [5, 5.41) is 3.13. The van der Waals surface area contributed by atoms with Crippen molar-refractivity contribution in [1.82, 2.24) is 19.8 Å². The summed E-state index contributed by atoms with van der Waals surface area (Å²) >= 11 is 0. The minimum atomic E-state index is -0.0606. The van der Waals surface area contributed by atoms with Gasteiger partial charge in [-0.2, -0.15) is 0 Å². The fourth-order valence-electron chi connectivity index (χ4n) is 3.12. The summed E-state index contributed by atoms with van der Waals surface area (Å²) in [6.07, 6.45) is 5.83. The number of nitrogens with two attached hydrogens (primary N) is 1. The highest BCUT2D eigenvalue weighted by Crippen LogP contribution is 2.27. The summed E-state index contributed by atoms with van der Waals surface area (Å²) in [5.74, 6) is 0.578. The number of carbonyl (C=O) groups excluding carboxylic acids is 1. The second-order valence-electron chi connectivity index (χ2n) is 5.50. The second kappa shape index (κ2) is 5.30. The van der Waals surface area contributed by atoms with Crippen molar-refractivity contribution in [2.24, 2.45) is 11.7 Å². The predicted molar refractivity (Wildman–Crippen MR) is 71.7 cm³/mol. The molecule has 104 valence electrons. The third kappa shape index (κ3) is 2.64. The van der Waals surface area contributed by atoms with E-state index < -0.39 is 0 Å². The molecule has 4 heterocycles. The molecular weight excluding hydrogens is 242 g/mol. The molecule has 19 heavy (non-hydrogen) atoms. The van der Waals surface area contributed by atoms with Crippen LogP contribution in [0.2, 0.25) is 0 Å². The van der Waals surface area contributed by atoms with E-state index in [1.165, 1.54) is 25.9 Å². The number of amides is 1. The Kier molecular flexibility index (Phi) is 3.52. The van der Waals surface area contributed by atoms with E-state index in [0.29, 0.717) is 24.7 Å². The predicted octanol–water partition coefficient (Wildman–Crippen LogP) is -0.334. The van der Waals surface area contributed by atoms with Crippen LogP contribution in [0.25, 0.3) is 0 Å². The minimum absolute atomic E-state index is 0.0606. The maximum Gasteiger partial charge on any atom is 0.271 e. The van der Waals surface area contributed by atoms with Crippen LogP contribution in [0, 0.1) is 5.92 Å². The van der Waals surface area contributed by atoms with Crippen LogP contribution in [0.15, 0.2) is 12.5 Å². The van der Waals surface area contributed by atoms with Crippen LogP contribution in [0.5, 0.6) is 0 Å². The lowest BCUT2D eigenvalue weighted by atomic mass is 9.84. The first-order valence-corrected chi connectivity index (χ1v) is 7.01. The SMILES string of the molecule is NCCn1cnc(C(=O)NC2CN3CCC2CC3)c1. The van der Waals surface area contributed by atoms with Gasteiger partial charge >= 0.3 is 0 Å². The van der Waals surface area contributed by atoms with Crippen molar-refractivity contribution >= 4 is 5.91 Å². The number of carbonyl (C=O) groups is 1. The summed E-state index contributed by atoms with van der Waals surface area (Å²) in [6.45, 7) is 4.60. The van der Waals surface area contributed by atoms with E-state index in [0.717, 1.165) is 6.54 Å². The van der Waals surface area contributed by atoms with Crippen molar-refractivity contribution in [3.63, 3.8) is 0 Å². The lowest BCUT2D eigenvalue weighted by Gasteiger charge is -2.44. The maximum absolute atomic E-state index is 12.2. The van der Waals surface area contributed by atoms with Gasteiger partial charge in [0.25, 0.3) is 5.91 Å². The Morgan fingerprint density at radius 2 is 2.26 bits per heavy atom. The number of piperidine rings is 3. The Balaban J connectivity index is 1.61. The van der Waals surface area contributed by atoms with Gasteiger partial charge in [-0.25, -0.2) is 4.98 Å². The molecule has 0 aliphatic carbocycles. The van der Waals surface area contributed by atoms with Gasteiger partial charge in [0.05, 0.1) is 6.33 Å². The lowest BCUT2D eigenvalue weighted by Crippen LogP contribution is -2.57. The minimum Gasteiger partial charge on any atom is -0.346 e. The lowest BCUT2D eigenvalue weighted by molar-refractivity contribution is 0.0618. The second-order valence-corrected chi connectivity index (χ2v) is 5.50. The first-order chi connectivity index (χ1) is 9.26. The first-order valence-electron chi connectivity index (χ1n) is 7.01. The van der Waals surface area contributed by atoms with E-state index >= 15 is 0 Å². The molecule has 6 heteroatoms. The summed E-state index contributed by atoms with van der Waals surface area (Å²) in [7, 11) is 0. The van der Waals surface area contributed by atoms with Crippen molar-refractivity contribution in [2.75, 3.05) is 26.2 Å². The zero-order valence-corrected chi connectivity index (χ0v) is 11.1. The molecule has 6 nitrogen and oxygen atoms in total. The van der Waals surface area contributed by atoms with Crippen LogP contribution < -0.4 is 11.1 Å². The van der Waals surface area contributed by atoms with Crippen LogP contribution >= 0.6 is 0 Å². The number of nitrogens with one attached hydrogen (secondary N) is 1. The molecule has 2 bridgehead atoms. The van der Waals surface area contributed by atoms with Crippen LogP contribution in [0.1, 0.15) is 23.3 Å². The van der Waals surface area contributed by atoms with Crippen LogP contribution in [-0.2, 0) is 6.54 Å². The highest BCUT2D eigenvalue weighted by Gasteiger charge is 2.35. The van der Waals surface area contributed by atoms with E-state index in [9.17, 15) is 4.79 Å². The summed E-state index contributed by atoms with van der Waals surface area (Å²) < 4.78 is 1.85. The van der Waals surface area contributed by atoms with Crippen LogP contribution in [0.3, 0.4) is 0 Å². The van der Waals surface area contributed by atoms with Gasteiger partial charge in [-0.15, -0.1) is 0 Å². The van der Waals surface area contributed by atoms with Crippen LogP contribution in [0.4, 0.5) is 0 Å². The van der Waals surface area contributed by atoms with Crippen molar-refractivity contribution in [3.8, 4) is 0 Å². The van der Waals surface area contributed by atoms with Gasteiger partial charge in [0.2, 0.25) is 0 Å². The maximum atomic E-state index is 12.2. The first kappa shape index (κ1) is 12.6. The van der Waals surface area contributed by atoms with Crippen LogP contribution in [-0.4, -0.2) is 52.6 Å². The zero-order valence-electron chi connectivity index (χ0n) is 11.1. The molecule has 1 aromatic heterocycles. The smallest absolute Gasteiger partial charge is 0.271 e. The standard InChI is InChI=1S/C13H21N5O/c14-3-6-18-8-12(15-9-18)13(19)16-11-7-17-4-1-10(11)2-5-17/h8-11H,1-7,14H2,(H,16,19).